The van der Waals surface area contributed by atoms with Crippen molar-refractivity contribution < 1.29 is 9.53 Å². The minimum Gasteiger partial charge on any atom is -0.357 e. The van der Waals surface area contributed by atoms with Crippen molar-refractivity contribution in [1.29, 1.82) is 0 Å². The number of hydrogen-bond donors (Lipinski definition) is 1. The molecule has 1 aromatic heterocycles. The Balaban J connectivity index is 2.18. The Morgan fingerprint density at radius 2 is 2.47 bits per heavy atom. The lowest BCUT2D eigenvalue weighted by atomic mass is 10.2. The lowest BCUT2D eigenvalue weighted by molar-refractivity contribution is -0.114. The largest absolute Gasteiger partial charge is 0.357 e. The fourth-order valence-electron chi connectivity index (χ4n) is 2.10. The molecule has 1 atom stereocenters. The van der Waals surface area contributed by atoms with Gasteiger partial charge in [-0.2, -0.15) is 5.10 Å². The van der Waals surface area contributed by atoms with Gasteiger partial charge in [0.05, 0.1) is 0 Å². The molecule has 1 saturated heterocycles. The SMILES string of the molecule is CCc1cc(NC(C)=O)nn1C1CCCCO1. The maximum atomic E-state index is 11.0. The number of nitrogens with one attached hydrogen (secondary N) is 1. The van der Waals surface area contributed by atoms with Crippen molar-refractivity contribution in [3.63, 3.8) is 0 Å². The van der Waals surface area contributed by atoms with Gasteiger partial charge in [-0.3, -0.25) is 4.79 Å². The Labute approximate surface area is 101 Å². The van der Waals surface area contributed by atoms with Gasteiger partial charge < -0.3 is 10.1 Å². The molecule has 1 N–H and O–H groups in total. The van der Waals surface area contributed by atoms with E-state index < -0.39 is 0 Å². The van der Waals surface area contributed by atoms with Gasteiger partial charge in [0, 0.05) is 25.3 Å². The van der Waals surface area contributed by atoms with Crippen LogP contribution in [-0.2, 0) is 16.0 Å². The third-order valence-electron chi connectivity index (χ3n) is 2.91. The van der Waals surface area contributed by atoms with Crippen LogP contribution in [0, 0.1) is 0 Å². The second-order valence-corrected chi connectivity index (χ2v) is 4.32. The van der Waals surface area contributed by atoms with Crippen LogP contribution in [0.5, 0.6) is 0 Å². The molecule has 0 spiro atoms. The smallest absolute Gasteiger partial charge is 0.222 e. The monoisotopic (exact) mass is 237 g/mol. The molecule has 0 saturated carbocycles. The second kappa shape index (κ2) is 5.31. The molecule has 0 aliphatic carbocycles. The van der Waals surface area contributed by atoms with E-state index in [0.29, 0.717) is 5.82 Å². The average Bonchev–Trinajstić information content (AvgIpc) is 2.72. The minimum absolute atomic E-state index is 0.0289. The number of anilines is 1. The van der Waals surface area contributed by atoms with Gasteiger partial charge in [0.2, 0.25) is 5.91 Å². The zero-order valence-electron chi connectivity index (χ0n) is 10.4. The van der Waals surface area contributed by atoms with Gasteiger partial charge in [-0.05, 0) is 25.7 Å². The highest BCUT2D eigenvalue weighted by molar-refractivity contribution is 5.87. The first-order valence-corrected chi connectivity index (χ1v) is 6.18. The molecule has 5 heteroatoms. The summed E-state index contributed by atoms with van der Waals surface area (Å²) >= 11 is 0. The van der Waals surface area contributed by atoms with Crippen LogP contribution in [0.4, 0.5) is 5.82 Å². The quantitative estimate of drug-likeness (QED) is 0.875. The molecule has 1 amide bonds. The lowest BCUT2D eigenvalue weighted by Gasteiger charge is -2.24. The standard InChI is InChI=1S/C12H19N3O2/c1-3-10-8-11(13-9(2)16)14-15(10)12-6-4-5-7-17-12/h8,12H,3-7H2,1-2H3,(H,13,14,16). The predicted octanol–water partition coefficient (Wildman–Crippen LogP) is 2.10. The van der Waals surface area contributed by atoms with Crippen LogP contribution < -0.4 is 5.32 Å². The molecule has 5 nitrogen and oxygen atoms in total. The highest BCUT2D eigenvalue weighted by Gasteiger charge is 2.19. The lowest BCUT2D eigenvalue weighted by Crippen LogP contribution is -2.21. The van der Waals surface area contributed by atoms with E-state index in [4.69, 9.17) is 4.74 Å². The number of carbonyl (C=O) groups excluding carboxylic acids is 1. The number of hydrogen-bond acceptors (Lipinski definition) is 3. The van der Waals surface area contributed by atoms with E-state index in [-0.39, 0.29) is 12.1 Å². The number of rotatable bonds is 3. The van der Waals surface area contributed by atoms with Crippen molar-refractivity contribution in [3.8, 4) is 0 Å². The summed E-state index contributed by atoms with van der Waals surface area (Å²) in [6.07, 6.45) is 4.20. The van der Waals surface area contributed by atoms with Crippen LogP contribution in [0.15, 0.2) is 6.07 Å². The third-order valence-corrected chi connectivity index (χ3v) is 2.91. The van der Waals surface area contributed by atoms with Crippen molar-refractivity contribution in [3.05, 3.63) is 11.8 Å². The predicted molar refractivity (Wildman–Crippen MR) is 64.7 cm³/mol. The molecule has 0 aromatic carbocycles. The topological polar surface area (TPSA) is 56.2 Å². The molecule has 1 aliphatic rings. The van der Waals surface area contributed by atoms with Crippen molar-refractivity contribution in [2.75, 3.05) is 11.9 Å². The van der Waals surface area contributed by atoms with Gasteiger partial charge in [-0.25, -0.2) is 4.68 Å². The van der Waals surface area contributed by atoms with Crippen molar-refractivity contribution in [1.82, 2.24) is 9.78 Å². The molecule has 0 radical (unpaired) electrons. The minimum atomic E-state index is -0.0955. The Morgan fingerprint density at radius 1 is 1.65 bits per heavy atom. The molecule has 0 bridgehead atoms. The highest BCUT2D eigenvalue weighted by Crippen LogP contribution is 2.25. The molecular formula is C12H19N3O2. The van der Waals surface area contributed by atoms with Crippen LogP contribution in [0.25, 0.3) is 0 Å². The Hall–Kier alpha value is -1.36. The van der Waals surface area contributed by atoms with E-state index in [2.05, 4.69) is 17.3 Å². The zero-order valence-corrected chi connectivity index (χ0v) is 10.4. The van der Waals surface area contributed by atoms with Gasteiger partial charge in [-0.1, -0.05) is 6.92 Å². The Kier molecular flexibility index (Phi) is 3.78. The van der Waals surface area contributed by atoms with Crippen molar-refractivity contribution in [2.24, 2.45) is 0 Å². The Bertz CT molecular complexity index is 394. The maximum Gasteiger partial charge on any atom is 0.222 e. The van der Waals surface area contributed by atoms with Crippen LogP contribution >= 0.6 is 0 Å². The highest BCUT2D eigenvalue weighted by atomic mass is 16.5. The van der Waals surface area contributed by atoms with E-state index in [9.17, 15) is 4.79 Å². The third kappa shape index (κ3) is 2.85. The van der Waals surface area contributed by atoms with Crippen LogP contribution in [0.1, 0.15) is 45.0 Å². The summed E-state index contributed by atoms with van der Waals surface area (Å²) in [6, 6.07) is 1.92. The first-order valence-electron chi connectivity index (χ1n) is 6.18. The van der Waals surface area contributed by atoms with Gasteiger partial charge in [-0.15, -0.1) is 0 Å². The van der Waals surface area contributed by atoms with Gasteiger partial charge >= 0.3 is 0 Å². The number of aryl methyl sites for hydroxylation is 1. The van der Waals surface area contributed by atoms with Crippen LogP contribution in [0.3, 0.4) is 0 Å². The molecule has 2 rings (SSSR count). The summed E-state index contributed by atoms with van der Waals surface area (Å²) in [7, 11) is 0. The maximum absolute atomic E-state index is 11.0. The molecule has 2 heterocycles. The van der Waals surface area contributed by atoms with Crippen LogP contribution in [0.2, 0.25) is 0 Å². The Morgan fingerprint density at radius 3 is 3.06 bits per heavy atom. The normalized spacial score (nSPS) is 20.2. The number of nitrogens with zero attached hydrogens (tertiary/aromatic N) is 2. The van der Waals surface area contributed by atoms with Crippen molar-refractivity contribution in [2.45, 2.75) is 45.8 Å². The summed E-state index contributed by atoms with van der Waals surface area (Å²) < 4.78 is 7.62. The van der Waals surface area contributed by atoms with Gasteiger partial charge in [0.1, 0.15) is 0 Å². The number of aromatic nitrogens is 2. The fraction of sp³-hybridized carbons (Fsp3) is 0.667. The van der Waals surface area contributed by atoms with E-state index >= 15 is 0 Å². The van der Waals surface area contributed by atoms with E-state index in [1.807, 2.05) is 10.7 Å². The molecular weight excluding hydrogens is 218 g/mol. The number of carbonyl (C=O) groups is 1. The summed E-state index contributed by atoms with van der Waals surface area (Å²) in [5.41, 5.74) is 1.10. The fourth-order valence-corrected chi connectivity index (χ4v) is 2.10. The first kappa shape index (κ1) is 12.1. The molecule has 1 aliphatic heterocycles. The molecule has 1 aromatic rings. The summed E-state index contributed by atoms with van der Waals surface area (Å²) in [5.74, 6) is 0.519. The first-order chi connectivity index (χ1) is 8.20. The number of ether oxygens (including phenoxy) is 1. The molecule has 94 valence electrons. The van der Waals surface area contributed by atoms with E-state index in [1.54, 1.807) is 0 Å². The van der Waals surface area contributed by atoms with E-state index in [0.717, 1.165) is 31.6 Å². The molecule has 1 fully saturated rings. The second-order valence-electron chi connectivity index (χ2n) is 4.32. The average molecular weight is 237 g/mol. The van der Waals surface area contributed by atoms with Crippen molar-refractivity contribution >= 4 is 11.7 Å². The zero-order chi connectivity index (χ0) is 12.3. The number of amides is 1. The van der Waals surface area contributed by atoms with Gasteiger partial charge in [0.15, 0.2) is 12.0 Å². The van der Waals surface area contributed by atoms with E-state index in [1.165, 1.54) is 13.3 Å². The van der Waals surface area contributed by atoms with Gasteiger partial charge in [0.25, 0.3) is 0 Å². The molecule has 1 unspecified atom stereocenters. The van der Waals surface area contributed by atoms with Crippen LogP contribution in [-0.4, -0.2) is 22.3 Å². The summed E-state index contributed by atoms with van der Waals surface area (Å²) in [6.45, 7) is 4.36. The summed E-state index contributed by atoms with van der Waals surface area (Å²) in [4.78, 5) is 11.0. The summed E-state index contributed by atoms with van der Waals surface area (Å²) in [5, 5.41) is 7.12. The molecule has 17 heavy (non-hydrogen) atoms.